The van der Waals surface area contributed by atoms with E-state index in [1.807, 2.05) is 13.8 Å². The van der Waals surface area contributed by atoms with Crippen molar-refractivity contribution in [2.24, 2.45) is 11.1 Å². The average Bonchev–Trinajstić information content (AvgIpc) is 2.31. The maximum absolute atomic E-state index is 12.6. The first-order valence-electron chi connectivity index (χ1n) is 6.15. The van der Waals surface area contributed by atoms with E-state index in [0.717, 1.165) is 19.3 Å². The predicted molar refractivity (Wildman–Crippen MR) is 71.4 cm³/mol. The first-order chi connectivity index (χ1) is 8.42. The molecule has 0 spiro atoms. The number of halogens is 1. The van der Waals surface area contributed by atoms with Crippen LogP contribution in [0.5, 0.6) is 5.75 Å². The second-order valence-corrected chi connectivity index (χ2v) is 5.06. The summed E-state index contributed by atoms with van der Waals surface area (Å²) in [6, 6.07) is 6.01. The van der Waals surface area contributed by atoms with Crippen LogP contribution in [0.2, 0.25) is 0 Å². The summed E-state index contributed by atoms with van der Waals surface area (Å²) in [7, 11) is 0. The van der Waals surface area contributed by atoms with E-state index >= 15 is 0 Å². The number of hydrogen-bond acceptors (Lipinski definition) is 2. The zero-order chi connectivity index (χ0) is 13.6. The molecule has 3 nitrogen and oxygen atoms in total. The monoisotopic (exact) mass is 252 g/mol. The van der Waals surface area contributed by atoms with E-state index in [0.29, 0.717) is 12.4 Å². The van der Waals surface area contributed by atoms with Crippen LogP contribution < -0.4 is 10.5 Å². The van der Waals surface area contributed by atoms with Crippen molar-refractivity contribution in [1.82, 2.24) is 0 Å². The lowest BCUT2D eigenvalue weighted by Crippen LogP contribution is -2.30. The smallest absolute Gasteiger partial charge is 0.123 e. The number of benzene rings is 1. The summed E-state index contributed by atoms with van der Waals surface area (Å²) in [6.45, 7) is 4.53. The Balaban J connectivity index is 2.20. The third-order valence-electron chi connectivity index (χ3n) is 3.01. The Morgan fingerprint density at radius 3 is 2.44 bits per heavy atom. The molecule has 0 saturated heterocycles. The van der Waals surface area contributed by atoms with Gasteiger partial charge in [0.05, 0.1) is 12.4 Å². The molecule has 0 aliphatic carbocycles. The third kappa shape index (κ3) is 4.73. The highest BCUT2D eigenvalue weighted by molar-refractivity contribution is 5.82. The van der Waals surface area contributed by atoms with Gasteiger partial charge in [0.25, 0.3) is 0 Å². The Hall–Kier alpha value is -1.58. The number of nitrogens with one attached hydrogen (secondary N) is 1. The third-order valence-corrected chi connectivity index (χ3v) is 3.01. The van der Waals surface area contributed by atoms with Gasteiger partial charge >= 0.3 is 0 Å². The van der Waals surface area contributed by atoms with Gasteiger partial charge in [-0.15, -0.1) is 0 Å². The standard InChI is InChI=1S/C14H21FN2O/c1-14(2,13(16)17)9-3-4-10-18-12-7-5-11(15)6-8-12/h5-8H,3-4,9-10H2,1-2H3,(H3,16,17). The maximum atomic E-state index is 12.6. The Bertz CT molecular complexity index is 387. The Kier molecular flexibility index (Phi) is 5.13. The minimum absolute atomic E-state index is 0.224. The summed E-state index contributed by atoms with van der Waals surface area (Å²) in [6.07, 6.45) is 2.72. The van der Waals surface area contributed by atoms with Crippen LogP contribution >= 0.6 is 0 Å². The molecule has 0 radical (unpaired) electrons. The van der Waals surface area contributed by atoms with Crippen LogP contribution in [0, 0.1) is 16.6 Å². The molecule has 3 N–H and O–H groups in total. The van der Waals surface area contributed by atoms with Crippen LogP contribution in [0.3, 0.4) is 0 Å². The molecule has 0 aliphatic heterocycles. The summed E-state index contributed by atoms with van der Waals surface area (Å²) in [5, 5.41) is 7.44. The first kappa shape index (κ1) is 14.5. The topological polar surface area (TPSA) is 59.1 Å². The largest absolute Gasteiger partial charge is 0.494 e. The first-order valence-corrected chi connectivity index (χ1v) is 6.15. The SMILES string of the molecule is CC(C)(CCCCOc1ccc(F)cc1)C(=N)N. The quantitative estimate of drug-likeness (QED) is 0.444. The zero-order valence-corrected chi connectivity index (χ0v) is 11.0. The van der Waals surface area contributed by atoms with Crippen LogP contribution in [-0.4, -0.2) is 12.4 Å². The molecule has 0 aliphatic rings. The van der Waals surface area contributed by atoms with Crippen molar-refractivity contribution in [3.05, 3.63) is 30.1 Å². The molecule has 1 aromatic carbocycles. The van der Waals surface area contributed by atoms with Gasteiger partial charge in [-0.2, -0.15) is 0 Å². The van der Waals surface area contributed by atoms with Gasteiger partial charge in [-0.1, -0.05) is 13.8 Å². The van der Waals surface area contributed by atoms with Crippen molar-refractivity contribution >= 4 is 5.84 Å². The van der Waals surface area contributed by atoms with E-state index in [4.69, 9.17) is 15.9 Å². The van der Waals surface area contributed by atoms with Gasteiger partial charge in [0.1, 0.15) is 11.6 Å². The van der Waals surface area contributed by atoms with Crippen molar-refractivity contribution in [1.29, 1.82) is 5.41 Å². The fourth-order valence-electron chi connectivity index (χ4n) is 1.52. The average molecular weight is 252 g/mol. The van der Waals surface area contributed by atoms with Crippen molar-refractivity contribution in [3.63, 3.8) is 0 Å². The lowest BCUT2D eigenvalue weighted by Gasteiger charge is -2.22. The number of rotatable bonds is 7. The van der Waals surface area contributed by atoms with E-state index in [1.165, 1.54) is 12.1 Å². The summed E-state index contributed by atoms with van der Waals surface area (Å²) < 4.78 is 18.1. The molecule has 0 atom stereocenters. The second kappa shape index (κ2) is 6.38. The van der Waals surface area contributed by atoms with Crippen molar-refractivity contribution in [2.75, 3.05) is 6.61 Å². The van der Waals surface area contributed by atoms with E-state index in [-0.39, 0.29) is 17.1 Å². The molecule has 0 amide bonds. The van der Waals surface area contributed by atoms with Gasteiger partial charge in [-0.3, -0.25) is 5.41 Å². The maximum Gasteiger partial charge on any atom is 0.123 e. The van der Waals surface area contributed by atoms with E-state index in [2.05, 4.69) is 0 Å². The van der Waals surface area contributed by atoms with Crippen LogP contribution in [0.4, 0.5) is 4.39 Å². The normalized spacial score (nSPS) is 11.3. The molecule has 0 heterocycles. The summed E-state index contributed by atoms with van der Waals surface area (Å²) >= 11 is 0. The molecular weight excluding hydrogens is 231 g/mol. The number of unbranched alkanes of at least 4 members (excludes halogenated alkanes) is 1. The summed E-state index contributed by atoms with van der Waals surface area (Å²) in [5.41, 5.74) is 5.27. The Labute approximate surface area is 108 Å². The number of hydrogen-bond donors (Lipinski definition) is 2. The van der Waals surface area contributed by atoms with Crippen LogP contribution in [-0.2, 0) is 0 Å². The Morgan fingerprint density at radius 1 is 1.28 bits per heavy atom. The van der Waals surface area contributed by atoms with Gasteiger partial charge in [0.2, 0.25) is 0 Å². The summed E-state index contributed by atoms with van der Waals surface area (Å²) in [5.74, 6) is 0.648. The van der Waals surface area contributed by atoms with Gasteiger partial charge in [0, 0.05) is 5.41 Å². The van der Waals surface area contributed by atoms with Gasteiger partial charge in [-0.05, 0) is 43.5 Å². The predicted octanol–water partition coefficient (Wildman–Crippen LogP) is 3.34. The van der Waals surface area contributed by atoms with Gasteiger partial charge in [-0.25, -0.2) is 4.39 Å². The molecule has 100 valence electrons. The highest BCUT2D eigenvalue weighted by Crippen LogP contribution is 2.22. The number of ether oxygens (including phenoxy) is 1. The fraction of sp³-hybridized carbons (Fsp3) is 0.500. The molecule has 0 unspecified atom stereocenters. The van der Waals surface area contributed by atoms with Gasteiger partial charge < -0.3 is 10.5 Å². The lowest BCUT2D eigenvalue weighted by atomic mass is 9.86. The molecular formula is C14H21FN2O. The summed E-state index contributed by atoms with van der Waals surface area (Å²) in [4.78, 5) is 0. The van der Waals surface area contributed by atoms with Crippen molar-refractivity contribution < 1.29 is 9.13 Å². The molecule has 1 aromatic rings. The van der Waals surface area contributed by atoms with Crippen LogP contribution in [0.1, 0.15) is 33.1 Å². The molecule has 1 rings (SSSR count). The minimum Gasteiger partial charge on any atom is -0.494 e. The highest BCUT2D eigenvalue weighted by atomic mass is 19.1. The molecule has 18 heavy (non-hydrogen) atoms. The molecule has 4 heteroatoms. The van der Waals surface area contributed by atoms with E-state index in [9.17, 15) is 4.39 Å². The fourth-order valence-corrected chi connectivity index (χ4v) is 1.52. The van der Waals surface area contributed by atoms with Crippen LogP contribution in [0.15, 0.2) is 24.3 Å². The molecule has 0 aromatic heterocycles. The molecule has 0 fully saturated rings. The number of nitrogens with two attached hydrogens (primary N) is 1. The van der Waals surface area contributed by atoms with Gasteiger partial charge in [0.15, 0.2) is 0 Å². The zero-order valence-electron chi connectivity index (χ0n) is 11.0. The molecule has 0 bridgehead atoms. The van der Waals surface area contributed by atoms with Crippen molar-refractivity contribution in [2.45, 2.75) is 33.1 Å². The number of amidine groups is 1. The minimum atomic E-state index is -0.259. The van der Waals surface area contributed by atoms with E-state index < -0.39 is 0 Å². The Morgan fingerprint density at radius 2 is 1.89 bits per heavy atom. The van der Waals surface area contributed by atoms with Crippen LogP contribution in [0.25, 0.3) is 0 Å². The van der Waals surface area contributed by atoms with E-state index in [1.54, 1.807) is 12.1 Å². The lowest BCUT2D eigenvalue weighted by molar-refractivity contribution is 0.296. The second-order valence-electron chi connectivity index (χ2n) is 5.06. The van der Waals surface area contributed by atoms with Crippen molar-refractivity contribution in [3.8, 4) is 5.75 Å². The highest BCUT2D eigenvalue weighted by Gasteiger charge is 2.20. The molecule has 0 saturated carbocycles.